The van der Waals surface area contributed by atoms with E-state index in [1.807, 2.05) is 13.8 Å². The van der Waals surface area contributed by atoms with Gasteiger partial charge in [0, 0.05) is 25.2 Å². The summed E-state index contributed by atoms with van der Waals surface area (Å²) in [5.41, 5.74) is -0.426. The Morgan fingerprint density at radius 2 is 1.85 bits per heavy atom. The van der Waals surface area contributed by atoms with Gasteiger partial charge in [0.1, 0.15) is 0 Å². The van der Waals surface area contributed by atoms with E-state index < -0.39 is 15.7 Å². The van der Waals surface area contributed by atoms with Gasteiger partial charge in [-0.25, -0.2) is 0 Å². The molecule has 1 atom stereocenters. The van der Waals surface area contributed by atoms with Crippen LogP contribution >= 0.6 is 0 Å². The van der Waals surface area contributed by atoms with Gasteiger partial charge in [0.2, 0.25) is 0 Å². The molecular formula is C14H30N2O3S. The largest absolute Gasteiger partial charge is 0.396 e. The van der Waals surface area contributed by atoms with Gasteiger partial charge in [-0.15, -0.1) is 0 Å². The molecule has 1 saturated heterocycles. The Bertz CT molecular complexity index is 413. The maximum absolute atomic E-state index is 12.5. The van der Waals surface area contributed by atoms with E-state index in [1.54, 1.807) is 0 Å². The first-order valence-corrected chi connectivity index (χ1v) is 8.79. The van der Waals surface area contributed by atoms with Gasteiger partial charge in [0.15, 0.2) is 0 Å². The van der Waals surface area contributed by atoms with E-state index in [4.69, 9.17) is 0 Å². The minimum atomic E-state index is -3.48. The molecule has 0 saturated carbocycles. The summed E-state index contributed by atoms with van der Waals surface area (Å²) >= 11 is 0. The highest BCUT2D eigenvalue weighted by Crippen LogP contribution is 2.28. The summed E-state index contributed by atoms with van der Waals surface area (Å²) in [5.74, 6) is 0.0612. The predicted molar refractivity (Wildman–Crippen MR) is 81.6 cm³/mol. The smallest absolute Gasteiger partial charge is 0.279 e. The third-order valence-corrected chi connectivity index (χ3v) is 5.28. The molecule has 0 radical (unpaired) electrons. The highest BCUT2D eigenvalue weighted by atomic mass is 32.2. The van der Waals surface area contributed by atoms with E-state index in [0.29, 0.717) is 13.1 Å². The Hall–Kier alpha value is -0.170. The minimum absolute atomic E-state index is 0.0530. The molecule has 1 unspecified atom stereocenters. The van der Waals surface area contributed by atoms with Crippen molar-refractivity contribution in [1.82, 2.24) is 9.03 Å². The molecule has 0 aromatic rings. The van der Waals surface area contributed by atoms with E-state index in [1.165, 1.54) is 4.31 Å². The van der Waals surface area contributed by atoms with Crippen molar-refractivity contribution in [1.29, 1.82) is 0 Å². The average Bonchev–Trinajstić information content (AvgIpc) is 2.24. The maximum atomic E-state index is 12.5. The van der Waals surface area contributed by atoms with E-state index >= 15 is 0 Å². The van der Waals surface area contributed by atoms with Crippen molar-refractivity contribution in [3.05, 3.63) is 0 Å². The van der Waals surface area contributed by atoms with Crippen molar-refractivity contribution in [2.24, 2.45) is 11.3 Å². The van der Waals surface area contributed by atoms with E-state index in [-0.39, 0.29) is 17.9 Å². The summed E-state index contributed by atoms with van der Waals surface area (Å²) in [4.78, 5) is 0. The highest BCUT2D eigenvalue weighted by Gasteiger charge is 2.34. The lowest BCUT2D eigenvalue weighted by molar-refractivity contribution is 0.163. The summed E-state index contributed by atoms with van der Waals surface area (Å²) in [7, 11) is -3.48. The SMILES string of the molecule is CC(C)(C)CC(C)(C)NS(=O)(=O)N1CCCC(CO)C1. The van der Waals surface area contributed by atoms with Crippen molar-refractivity contribution in [3.8, 4) is 0 Å². The number of aliphatic hydroxyl groups is 1. The number of hydrogen-bond acceptors (Lipinski definition) is 3. The fourth-order valence-electron chi connectivity index (χ4n) is 3.17. The van der Waals surface area contributed by atoms with Crippen LogP contribution in [0.3, 0.4) is 0 Å². The van der Waals surface area contributed by atoms with Gasteiger partial charge in [0.05, 0.1) is 0 Å². The van der Waals surface area contributed by atoms with Crippen LogP contribution in [-0.4, -0.2) is 43.1 Å². The fourth-order valence-corrected chi connectivity index (χ4v) is 4.85. The van der Waals surface area contributed by atoms with Crippen molar-refractivity contribution in [2.45, 2.75) is 59.4 Å². The minimum Gasteiger partial charge on any atom is -0.396 e. The molecular weight excluding hydrogens is 276 g/mol. The number of hydrogen-bond donors (Lipinski definition) is 2. The molecule has 1 rings (SSSR count). The first-order chi connectivity index (χ1) is 8.95. The van der Waals surface area contributed by atoms with Gasteiger partial charge >= 0.3 is 0 Å². The van der Waals surface area contributed by atoms with Gasteiger partial charge in [-0.05, 0) is 44.4 Å². The quantitative estimate of drug-likeness (QED) is 0.813. The van der Waals surface area contributed by atoms with E-state index in [2.05, 4.69) is 25.5 Å². The zero-order chi connectivity index (χ0) is 15.6. The standard InChI is InChI=1S/C14H30N2O3S/c1-13(2,3)11-14(4,5)15-20(18,19)16-8-6-7-12(9-16)10-17/h12,15,17H,6-11H2,1-5H3. The van der Waals surface area contributed by atoms with Crippen LogP contribution in [-0.2, 0) is 10.2 Å². The molecule has 5 nitrogen and oxygen atoms in total. The molecule has 120 valence electrons. The van der Waals surface area contributed by atoms with Gasteiger partial charge in [-0.2, -0.15) is 17.4 Å². The molecule has 0 spiro atoms. The van der Waals surface area contributed by atoms with Crippen LogP contribution in [0.25, 0.3) is 0 Å². The molecule has 0 amide bonds. The number of piperidine rings is 1. The van der Waals surface area contributed by atoms with Crippen molar-refractivity contribution in [3.63, 3.8) is 0 Å². The lowest BCUT2D eigenvalue weighted by atomic mass is 9.82. The fraction of sp³-hybridized carbons (Fsp3) is 1.00. The zero-order valence-corrected chi connectivity index (χ0v) is 14.3. The number of rotatable bonds is 5. The zero-order valence-electron chi connectivity index (χ0n) is 13.4. The molecule has 1 aliphatic heterocycles. The summed E-state index contributed by atoms with van der Waals surface area (Å²) in [6.45, 7) is 11.2. The molecule has 2 N–H and O–H groups in total. The van der Waals surface area contributed by atoms with Crippen molar-refractivity contribution >= 4 is 10.2 Å². The second-order valence-electron chi connectivity index (χ2n) is 7.78. The van der Waals surface area contributed by atoms with Crippen LogP contribution in [0.5, 0.6) is 0 Å². The van der Waals surface area contributed by atoms with Crippen LogP contribution in [0.2, 0.25) is 0 Å². The molecule has 1 heterocycles. The van der Waals surface area contributed by atoms with Gasteiger partial charge in [0.25, 0.3) is 10.2 Å². The Labute approximate surface area is 123 Å². The lowest BCUT2D eigenvalue weighted by Gasteiger charge is -2.37. The number of nitrogens with one attached hydrogen (secondary N) is 1. The van der Waals surface area contributed by atoms with Crippen molar-refractivity contribution in [2.75, 3.05) is 19.7 Å². The molecule has 0 aromatic carbocycles. The Kier molecular flexibility index (Phi) is 5.63. The Morgan fingerprint density at radius 1 is 1.25 bits per heavy atom. The second kappa shape index (κ2) is 6.30. The maximum Gasteiger partial charge on any atom is 0.279 e. The summed E-state index contributed by atoms with van der Waals surface area (Å²) < 4.78 is 29.3. The Morgan fingerprint density at radius 3 is 2.35 bits per heavy atom. The van der Waals surface area contributed by atoms with Crippen LogP contribution in [0, 0.1) is 11.3 Å². The van der Waals surface area contributed by atoms with Gasteiger partial charge in [-0.1, -0.05) is 20.8 Å². The lowest BCUT2D eigenvalue weighted by Crippen LogP contribution is -2.54. The van der Waals surface area contributed by atoms with Gasteiger partial charge < -0.3 is 5.11 Å². The molecule has 0 bridgehead atoms. The van der Waals surface area contributed by atoms with E-state index in [9.17, 15) is 13.5 Å². The van der Waals surface area contributed by atoms with Crippen LogP contribution in [0.15, 0.2) is 0 Å². The second-order valence-corrected chi connectivity index (χ2v) is 9.45. The third-order valence-electron chi connectivity index (χ3n) is 3.46. The van der Waals surface area contributed by atoms with Gasteiger partial charge in [-0.3, -0.25) is 0 Å². The molecule has 6 heteroatoms. The predicted octanol–water partition coefficient (Wildman–Crippen LogP) is 1.74. The summed E-state index contributed by atoms with van der Waals surface area (Å²) in [5, 5.41) is 9.22. The number of nitrogens with zero attached hydrogens (tertiary/aromatic N) is 1. The summed E-state index contributed by atoms with van der Waals surface area (Å²) in [6.07, 6.45) is 2.47. The Balaban J connectivity index is 2.73. The van der Waals surface area contributed by atoms with Crippen LogP contribution < -0.4 is 4.72 Å². The first kappa shape index (κ1) is 17.9. The number of aliphatic hydroxyl groups excluding tert-OH is 1. The molecule has 0 aliphatic carbocycles. The average molecular weight is 306 g/mol. The van der Waals surface area contributed by atoms with E-state index in [0.717, 1.165) is 19.3 Å². The monoisotopic (exact) mass is 306 g/mol. The van der Waals surface area contributed by atoms with Crippen LogP contribution in [0.4, 0.5) is 0 Å². The molecule has 1 aliphatic rings. The molecule has 20 heavy (non-hydrogen) atoms. The topological polar surface area (TPSA) is 69.6 Å². The summed E-state index contributed by atoms with van der Waals surface area (Å²) in [6, 6.07) is 0. The molecule has 0 aromatic heterocycles. The van der Waals surface area contributed by atoms with Crippen LogP contribution in [0.1, 0.15) is 53.9 Å². The normalized spacial score (nSPS) is 23.0. The highest BCUT2D eigenvalue weighted by molar-refractivity contribution is 7.87. The first-order valence-electron chi connectivity index (χ1n) is 7.35. The van der Waals surface area contributed by atoms with Crippen molar-refractivity contribution < 1.29 is 13.5 Å². The molecule has 1 fully saturated rings. The third kappa shape index (κ3) is 5.68.